The largest absolute Gasteiger partial charge is 0.466 e. The lowest BCUT2D eigenvalue weighted by Crippen LogP contribution is -2.48. The van der Waals surface area contributed by atoms with E-state index in [0.29, 0.717) is 13.2 Å². The maximum atomic E-state index is 13.3. The Morgan fingerprint density at radius 2 is 1.71 bits per heavy atom. The van der Waals surface area contributed by atoms with Gasteiger partial charge in [-0.05, 0) is 63.5 Å². The van der Waals surface area contributed by atoms with Gasteiger partial charge in [-0.1, -0.05) is 31.4 Å². The Balaban J connectivity index is 1.25. The van der Waals surface area contributed by atoms with Crippen LogP contribution in [0.3, 0.4) is 0 Å². The van der Waals surface area contributed by atoms with Gasteiger partial charge < -0.3 is 19.1 Å². The van der Waals surface area contributed by atoms with Crippen LogP contribution in [0.1, 0.15) is 64.7 Å². The Labute approximate surface area is 208 Å². The van der Waals surface area contributed by atoms with Crippen LogP contribution < -0.4 is 4.90 Å². The molecular formula is C28H40N4O3. The minimum absolute atomic E-state index is 0.0309. The molecule has 0 radical (unpaired) electrons. The first kappa shape index (κ1) is 24.1. The van der Waals surface area contributed by atoms with E-state index in [1.807, 2.05) is 11.8 Å². The van der Waals surface area contributed by atoms with Crippen molar-refractivity contribution < 1.29 is 14.3 Å². The second-order valence-electron chi connectivity index (χ2n) is 10.7. The molecule has 3 heterocycles. The number of ether oxygens (including phenoxy) is 1. The van der Waals surface area contributed by atoms with Gasteiger partial charge in [-0.15, -0.1) is 0 Å². The lowest BCUT2D eigenvalue weighted by molar-refractivity contribution is -0.152. The molecule has 2 aromatic rings. The summed E-state index contributed by atoms with van der Waals surface area (Å²) in [6.07, 6.45) is 10.0. The highest BCUT2D eigenvalue weighted by Crippen LogP contribution is 2.32. The number of carbonyl (C=O) groups excluding carboxylic acids is 2. The number of hydrogen-bond donors (Lipinski definition) is 0. The number of piperidine rings is 2. The van der Waals surface area contributed by atoms with Gasteiger partial charge in [0.25, 0.3) is 0 Å². The van der Waals surface area contributed by atoms with Crippen LogP contribution in [0, 0.1) is 17.8 Å². The molecule has 3 fully saturated rings. The molecule has 7 nitrogen and oxygen atoms in total. The number of rotatable bonds is 6. The topological polar surface area (TPSA) is 67.7 Å². The normalized spacial score (nSPS) is 22.5. The average Bonchev–Trinajstić information content (AvgIpc) is 3.27. The standard InChI is InChI=1S/C28H40N4O3/c1-2-35-27(34)23-11-8-16-31(20-23)26(33)22-14-17-30(18-15-22)28-29-24-12-6-7-13-25(24)32(28)19-21-9-4-3-5-10-21/h6-7,12-13,21-23H,2-5,8-11,14-20H2,1H3. The lowest BCUT2D eigenvalue weighted by Gasteiger charge is -2.37. The third kappa shape index (κ3) is 5.34. The van der Waals surface area contributed by atoms with Gasteiger partial charge >= 0.3 is 5.97 Å². The van der Waals surface area contributed by atoms with Gasteiger partial charge in [0.1, 0.15) is 0 Å². The molecule has 0 bridgehead atoms. The number of benzene rings is 1. The van der Waals surface area contributed by atoms with E-state index in [-0.39, 0.29) is 23.7 Å². The van der Waals surface area contributed by atoms with E-state index in [1.165, 1.54) is 37.6 Å². The van der Waals surface area contributed by atoms with Gasteiger partial charge in [0, 0.05) is 38.6 Å². The first-order valence-electron chi connectivity index (χ1n) is 13.8. The molecule has 0 N–H and O–H groups in total. The van der Waals surface area contributed by atoms with Crippen LogP contribution in [0.15, 0.2) is 24.3 Å². The number of likely N-dealkylation sites (tertiary alicyclic amines) is 1. The minimum atomic E-state index is -0.174. The number of hydrogen-bond acceptors (Lipinski definition) is 5. The molecular weight excluding hydrogens is 440 g/mol. The zero-order chi connectivity index (χ0) is 24.2. The number of esters is 1. The SMILES string of the molecule is CCOC(=O)C1CCCN(C(=O)C2CCN(c3nc4ccccc4n3CC3CCCCC3)CC2)C1. The zero-order valence-electron chi connectivity index (χ0n) is 21.2. The molecule has 1 aromatic heterocycles. The van der Waals surface area contributed by atoms with Gasteiger partial charge in [-0.25, -0.2) is 4.98 Å². The van der Waals surface area contributed by atoms with Crippen molar-refractivity contribution in [1.82, 2.24) is 14.5 Å². The van der Waals surface area contributed by atoms with Crippen LogP contribution in [0.5, 0.6) is 0 Å². The Bertz CT molecular complexity index is 1020. The Morgan fingerprint density at radius 3 is 2.49 bits per heavy atom. The molecule has 1 atom stereocenters. The molecule has 190 valence electrons. The van der Waals surface area contributed by atoms with Crippen molar-refractivity contribution in [3.05, 3.63) is 24.3 Å². The van der Waals surface area contributed by atoms with Gasteiger partial charge in [0.05, 0.1) is 23.6 Å². The van der Waals surface area contributed by atoms with Crippen molar-refractivity contribution in [1.29, 1.82) is 0 Å². The monoisotopic (exact) mass is 480 g/mol. The highest BCUT2D eigenvalue weighted by molar-refractivity contribution is 5.81. The molecule has 3 aliphatic rings. The predicted molar refractivity (Wildman–Crippen MR) is 137 cm³/mol. The molecule has 7 heteroatoms. The number of para-hydroxylation sites is 2. The summed E-state index contributed by atoms with van der Waals surface area (Å²) in [7, 11) is 0. The number of aromatic nitrogens is 2. The van der Waals surface area contributed by atoms with Crippen molar-refractivity contribution in [2.75, 3.05) is 37.7 Å². The molecule has 2 aliphatic heterocycles. The van der Waals surface area contributed by atoms with E-state index in [2.05, 4.69) is 33.7 Å². The summed E-state index contributed by atoms with van der Waals surface area (Å²) in [5.74, 6) is 1.72. The highest BCUT2D eigenvalue weighted by atomic mass is 16.5. The second kappa shape index (κ2) is 11.0. The third-order valence-corrected chi connectivity index (χ3v) is 8.28. The maximum Gasteiger partial charge on any atom is 0.310 e. The van der Waals surface area contributed by atoms with Crippen LogP contribution >= 0.6 is 0 Å². The summed E-state index contributed by atoms with van der Waals surface area (Å²) in [5.41, 5.74) is 2.29. The zero-order valence-corrected chi connectivity index (χ0v) is 21.2. The number of fused-ring (bicyclic) bond motifs is 1. The van der Waals surface area contributed by atoms with E-state index in [1.54, 1.807) is 0 Å². The van der Waals surface area contributed by atoms with Gasteiger partial charge in [-0.3, -0.25) is 9.59 Å². The summed E-state index contributed by atoms with van der Waals surface area (Å²) >= 11 is 0. The fourth-order valence-corrected chi connectivity index (χ4v) is 6.33. The van der Waals surface area contributed by atoms with E-state index < -0.39 is 0 Å². The van der Waals surface area contributed by atoms with Crippen molar-refractivity contribution in [2.45, 2.75) is 71.3 Å². The van der Waals surface area contributed by atoms with Crippen LogP contribution in [0.2, 0.25) is 0 Å². The Morgan fingerprint density at radius 1 is 0.943 bits per heavy atom. The van der Waals surface area contributed by atoms with Crippen LogP contribution in [0.25, 0.3) is 11.0 Å². The molecule has 2 saturated heterocycles. The molecule has 1 amide bonds. The number of anilines is 1. The Hall–Kier alpha value is -2.57. The molecule has 5 rings (SSSR count). The van der Waals surface area contributed by atoms with Crippen LogP contribution in [-0.2, 0) is 20.9 Å². The van der Waals surface area contributed by atoms with Crippen molar-refractivity contribution in [3.8, 4) is 0 Å². The van der Waals surface area contributed by atoms with Gasteiger partial charge in [-0.2, -0.15) is 0 Å². The first-order valence-corrected chi connectivity index (χ1v) is 13.8. The molecule has 0 spiro atoms. The van der Waals surface area contributed by atoms with Gasteiger partial charge in [0.15, 0.2) is 0 Å². The minimum Gasteiger partial charge on any atom is -0.466 e. The van der Waals surface area contributed by atoms with Crippen LogP contribution in [0.4, 0.5) is 5.95 Å². The smallest absolute Gasteiger partial charge is 0.310 e. The summed E-state index contributed by atoms with van der Waals surface area (Å²) in [5, 5.41) is 0. The quantitative estimate of drug-likeness (QED) is 0.564. The fourth-order valence-electron chi connectivity index (χ4n) is 6.33. The van der Waals surface area contributed by atoms with Crippen LogP contribution in [-0.4, -0.2) is 59.1 Å². The summed E-state index contributed by atoms with van der Waals surface area (Å²) < 4.78 is 7.66. The predicted octanol–water partition coefficient (Wildman–Crippen LogP) is 4.63. The number of amides is 1. The number of nitrogens with zero attached hydrogens (tertiary/aromatic N) is 4. The molecule has 1 aliphatic carbocycles. The summed E-state index contributed by atoms with van der Waals surface area (Å²) in [6, 6.07) is 8.49. The van der Waals surface area contributed by atoms with E-state index in [9.17, 15) is 9.59 Å². The van der Waals surface area contributed by atoms with E-state index in [0.717, 1.165) is 69.2 Å². The van der Waals surface area contributed by atoms with E-state index in [4.69, 9.17) is 9.72 Å². The van der Waals surface area contributed by atoms with Crippen molar-refractivity contribution in [2.24, 2.45) is 17.8 Å². The molecule has 1 saturated carbocycles. The average molecular weight is 481 g/mol. The summed E-state index contributed by atoms with van der Waals surface area (Å²) in [4.78, 5) is 34.9. The maximum absolute atomic E-state index is 13.3. The fraction of sp³-hybridized carbons (Fsp3) is 0.679. The van der Waals surface area contributed by atoms with Crippen molar-refractivity contribution >= 4 is 28.9 Å². The Kier molecular flexibility index (Phi) is 7.59. The number of imidazole rings is 1. The highest BCUT2D eigenvalue weighted by Gasteiger charge is 2.35. The number of carbonyl (C=O) groups is 2. The molecule has 1 aromatic carbocycles. The van der Waals surface area contributed by atoms with Gasteiger partial charge in [0.2, 0.25) is 11.9 Å². The second-order valence-corrected chi connectivity index (χ2v) is 10.7. The molecule has 35 heavy (non-hydrogen) atoms. The third-order valence-electron chi connectivity index (χ3n) is 8.28. The van der Waals surface area contributed by atoms with E-state index >= 15 is 0 Å². The van der Waals surface area contributed by atoms with Crippen molar-refractivity contribution in [3.63, 3.8) is 0 Å². The lowest BCUT2D eigenvalue weighted by atomic mass is 9.89. The first-order chi connectivity index (χ1) is 17.1. The molecule has 1 unspecified atom stereocenters. The summed E-state index contributed by atoms with van der Waals surface area (Å²) in [6.45, 7) is 6.23.